The molecule has 1 aromatic rings. The Morgan fingerprint density at radius 1 is 1.41 bits per heavy atom. The molecule has 0 saturated carbocycles. The van der Waals surface area contributed by atoms with Gasteiger partial charge in [0.1, 0.15) is 5.75 Å². The zero-order valence-corrected chi connectivity index (χ0v) is 11.2. The first-order valence-corrected chi connectivity index (χ1v) is 6.16. The molecule has 0 aliphatic heterocycles. The fourth-order valence-electron chi connectivity index (χ4n) is 1.65. The van der Waals surface area contributed by atoms with Crippen molar-refractivity contribution in [2.75, 3.05) is 13.1 Å². The van der Waals surface area contributed by atoms with Gasteiger partial charge in [0.25, 0.3) is 0 Å². The minimum absolute atomic E-state index is 0.143. The van der Waals surface area contributed by atoms with Crippen molar-refractivity contribution in [2.45, 2.75) is 39.4 Å². The van der Waals surface area contributed by atoms with Crippen molar-refractivity contribution in [1.82, 2.24) is 5.32 Å². The lowest BCUT2D eigenvalue weighted by molar-refractivity contribution is 0.0572. The van der Waals surface area contributed by atoms with E-state index >= 15 is 0 Å². The van der Waals surface area contributed by atoms with Crippen molar-refractivity contribution in [3.63, 3.8) is 0 Å². The second-order valence-electron chi connectivity index (χ2n) is 4.75. The average Bonchev–Trinajstić information content (AvgIpc) is 2.26. The molecule has 0 bridgehead atoms. The number of likely N-dealkylation sites (N-methyl/N-ethyl adjacent to an activating group) is 1. The molecule has 1 unspecified atom stereocenters. The molecule has 1 aromatic carbocycles. The third-order valence-corrected chi connectivity index (χ3v) is 2.55. The van der Waals surface area contributed by atoms with Crippen LogP contribution in [-0.4, -0.2) is 24.3 Å². The monoisotopic (exact) mass is 237 g/mol. The maximum Gasteiger partial charge on any atom is 0.120 e. The van der Waals surface area contributed by atoms with Crippen LogP contribution in [0.1, 0.15) is 33.3 Å². The maximum absolute atomic E-state index is 10.4. The Bertz CT molecular complexity index is 348. The third-order valence-electron chi connectivity index (χ3n) is 2.55. The van der Waals surface area contributed by atoms with Gasteiger partial charge in [-0.2, -0.15) is 0 Å². The van der Waals surface area contributed by atoms with Gasteiger partial charge >= 0.3 is 0 Å². The Kier molecular flexibility index (Phi) is 4.97. The Morgan fingerprint density at radius 2 is 2.12 bits per heavy atom. The summed E-state index contributed by atoms with van der Waals surface area (Å²) in [5.74, 6) is 0.800. The summed E-state index contributed by atoms with van der Waals surface area (Å²) >= 11 is 0. The third kappa shape index (κ3) is 4.36. The minimum Gasteiger partial charge on any atom is -0.491 e. The normalized spacial score (nSPS) is 14.7. The summed E-state index contributed by atoms with van der Waals surface area (Å²) in [7, 11) is 0. The van der Waals surface area contributed by atoms with Crippen molar-refractivity contribution in [2.24, 2.45) is 0 Å². The number of hydrogen-bond donors (Lipinski definition) is 2. The number of benzene rings is 1. The molecule has 0 radical (unpaired) electrons. The molecule has 0 aliphatic rings. The van der Waals surface area contributed by atoms with Gasteiger partial charge in [0.15, 0.2) is 0 Å². The lowest BCUT2D eigenvalue weighted by Gasteiger charge is -2.25. The summed E-state index contributed by atoms with van der Waals surface area (Å²) in [6, 6.07) is 7.64. The maximum atomic E-state index is 10.4. The average molecular weight is 237 g/mol. The fourth-order valence-corrected chi connectivity index (χ4v) is 1.65. The first kappa shape index (κ1) is 14.0. The van der Waals surface area contributed by atoms with E-state index in [0.29, 0.717) is 6.54 Å². The summed E-state index contributed by atoms with van der Waals surface area (Å²) in [6.45, 7) is 9.19. The van der Waals surface area contributed by atoms with E-state index in [9.17, 15) is 5.11 Å². The van der Waals surface area contributed by atoms with Crippen molar-refractivity contribution in [3.8, 4) is 5.75 Å². The molecular weight excluding hydrogens is 214 g/mol. The van der Waals surface area contributed by atoms with Crippen LogP contribution in [0, 0.1) is 0 Å². The van der Waals surface area contributed by atoms with Crippen molar-refractivity contribution in [1.29, 1.82) is 0 Å². The largest absolute Gasteiger partial charge is 0.491 e. The first-order valence-electron chi connectivity index (χ1n) is 6.16. The molecular formula is C14H23NO2. The topological polar surface area (TPSA) is 41.5 Å². The van der Waals surface area contributed by atoms with E-state index in [4.69, 9.17) is 4.74 Å². The fraction of sp³-hybridized carbons (Fsp3) is 0.571. The highest BCUT2D eigenvalue weighted by molar-refractivity contribution is 5.32. The van der Waals surface area contributed by atoms with Gasteiger partial charge in [-0.15, -0.1) is 0 Å². The second-order valence-corrected chi connectivity index (χ2v) is 4.75. The molecule has 0 fully saturated rings. The van der Waals surface area contributed by atoms with Gasteiger partial charge in [-0.05, 0) is 45.0 Å². The molecule has 0 heterocycles. The number of rotatable bonds is 6. The number of hydrogen-bond acceptors (Lipinski definition) is 3. The molecule has 96 valence electrons. The summed E-state index contributed by atoms with van der Waals surface area (Å²) in [5.41, 5.74) is 0.00316. The molecule has 3 heteroatoms. The molecule has 0 spiro atoms. The van der Waals surface area contributed by atoms with Gasteiger partial charge < -0.3 is 15.2 Å². The van der Waals surface area contributed by atoms with Crippen LogP contribution in [0.5, 0.6) is 5.75 Å². The predicted molar refractivity (Wildman–Crippen MR) is 70.3 cm³/mol. The summed E-state index contributed by atoms with van der Waals surface area (Å²) in [4.78, 5) is 0. The van der Waals surface area contributed by atoms with Crippen molar-refractivity contribution in [3.05, 3.63) is 29.8 Å². The number of ether oxygens (including phenoxy) is 1. The zero-order valence-electron chi connectivity index (χ0n) is 11.2. The van der Waals surface area contributed by atoms with Crippen LogP contribution in [0.4, 0.5) is 0 Å². The first-order chi connectivity index (χ1) is 7.95. The van der Waals surface area contributed by atoms with Gasteiger partial charge in [-0.3, -0.25) is 0 Å². The predicted octanol–water partition coefficient (Wildman–Crippen LogP) is 2.29. The van der Waals surface area contributed by atoms with E-state index in [-0.39, 0.29) is 6.10 Å². The van der Waals surface area contributed by atoms with E-state index < -0.39 is 5.60 Å². The molecule has 0 saturated heterocycles. The second kappa shape index (κ2) is 6.03. The van der Waals surface area contributed by atoms with Gasteiger partial charge in [0.05, 0.1) is 11.7 Å². The highest BCUT2D eigenvalue weighted by atomic mass is 16.5. The standard InChI is InChI=1S/C14H23NO2/c1-5-15-10-14(4,16)12-7-6-8-13(9-12)17-11(2)3/h6-9,11,15-16H,5,10H2,1-4H3. The van der Waals surface area contributed by atoms with Crippen LogP contribution in [0.15, 0.2) is 24.3 Å². The Morgan fingerprint density at radius 3 is 2.71 bits per heavy atom. The minimum atomic E-state index is -0.869. The molecule has 0 aliphatic carbocycles. The lowest BCUT2D eigenvalue weighted by atomic mass is 9.96. The van der Waals surface area contributed by atoms with Crippen LogP contribution in [-0.2, 0) is 5.60 Å². The molecule has 3 nitrogen and oxygen atoms in total. The van der Waals surface area contributed by atoms with Gasteiger partial charge in [0, 0.05) is 6.54 Å². The lowest BCUT2D eigenvalue weighted by Crippen LogP contribution is -2.35. The SMILES string of the molecule is CCNCC(C)(O)c1cccc(OC(C)C)c1. The molecule has 1 rings (SSSR count). The zero-order chi connectivity index (χ0) is 12.9. The van der Waals surface area contributed by atoms with E-state index in [2.05, 4.69) is 5.32 Å². The molecule has 0 aromatic heterocycles. The Hall–Kier alpha value is -1.06. The van der Waals surface area contributed by atoms with Crippen molar-refractivity contribution < 1.29 is 9.84 Å². The highest BCUT2D eigenvalue weighted by Gasteiger charge is 2.22. The van der Waals surface area contributed by atoms with Crippen LogP contribution in [0.25, 0.3) is 0 Å². The van der Waals surface area contributed by atoms with E-state index in [0.717, 1.165) is 17.9 Å². The van der Waals surface area contributed by atoms with Crippen LogP contribution in [0.2, 0.25) is 0 Å². The van der Waals surface area contributed by atoms with Crippen LogP contribution in [0.3, 0.4) is 0 Å². The molecule has 1 atom stereocenters. The Balaban J connectivity index is 2.82. The van der Waals surface area contributed by atoms with E-state index in [1.165, 1.54) is 0 Å². The summed E-state index contributed by atoms with van der Waals surface area (Å²) < 4.78 is 5.62. The number of nitrogens with one attached hydrogen (secondary N) is 1. The summed E-state index contributed by atoms with van der Waals surface area (Å²) in [5, 5.41) is 13.5. The van der Waals surface area contributed by atoms with Crippen molar-refractivity contribution >= 4 is 0 Å². The van der Waals surface area contributed by atoms with Gasteiger partial charge in [0.2, 0.25) is 0 Å². The van der Waals surface area contributed by atoms with Crippen LogP contribution < -0.4 is 10.1 Å². The summed E-state index contributed by atoms with van der Waals surface area (Å²) in [6.07, 6.45) is 0.143. The molecule has 17 heavy (non-hydrogen) atoms. The molecule has 2 N–H and O–H groups in total. The van der Waals surface area contributed by atoms with Gasteiger partial charge in [-0.25, -0.2) is 0 Å². The smallest absolute Gasteiger partial charge is 0.120 e. The Labute approximate surface area is 104 Å². The van der Waals surface area contributed by atoms with E-state index in [1.54, 1.807) is 0 Å². The van der Waals surface area contributed by atoms with Gasteiger partial charge in [-0.1, -0.05) is 19.1 Å². The van der Waals surface area contributed by atoms with Crippen LogP contribution >= 0.6 is 0 Å². The van der Waals surface area contributed by atoms with E-state index in [1.807, 2.05) is 52.0 Å². The number of aliphatic hydroxyl groups is 1. The highest BCUT2D eigenvalue weighted by Crippen LogP contribution is 2.24. The quantitative estimate of drug-likeness (QED) is 0.797. The molecule has 0 amide bonds.